The van der Waals surface area contributed by atoms with Gasteiger partial charge in [0.15, 0.2) is 0 Å². The number of carbonyl (C=O) groups excluding carboxylic acids is 1. The molecule has 212 valence electrons. The van der Waals surface area contributed by atoms with E-state index in [1.165, 1.54) is 75.3 Å². The van der Waals surface area contributed by atoms with Crippen LogP contribution in [0.5, 0.6) is 0 Å². The van der Waals surface area contributed by atoms with E-state index in [0.29, 0.717) is 22.3 Å². The third-order valence-corrected chi connectivity index (χ3v) is 12.0. The molecule has 0 saturated heterocycles. The van der Waals surface area contributed by atoms with E-state index in [4.69, 9.17) is 0 Å². The predicted molar refractivity (Wildman–Crippen MR) is 174 cm³/mol. The van der Waals surface area contributed by atoms with E-state index in [9.17, 15) is 4.79 Å². The molecule has 0 aliphatic heterocycles. The summed E-state index contributed by atoms with van der Waals surface area (Å²) < 4.78 is 0. The summed E-state index contributed by atoms with van der Waals surface area (Å²) in [7, 11) is 0. The van der Waals surface area contributed by atoms with Gasteiger partial charge in [0.2, 0.25) is 0 Å². The van der Waals surface area contributed by atoms with Crippen LogP contribution in [-0.2, 0) is 13.0 Å². The number of carbonyl (C=O) groups is 1. The van der Waals surface area contributed by atoms with Crippen LogP contribution in [0.15, 0.2) is 91.0 Å². The molecule has 2 atom stereocenters. The Morgan fingerprint density at radius 3 is 1.65 bits per heavy atom. The number of thioether (sulfide) groups is 2. The lowest BCUT2D eigenvalue weighted by molar-refractivity contribution is 0.0743. The molecule has 2 nitrogen and oxygen atoms in total. The van der Waals surface area contributed by atoms with Crippen LogP contribution in [0, 0.1) is 0 Å². The first-order valence-electron chi connectivity index (χ1n) is 15.5. The molecular weight excluding hydrogens is 527 g/mol. The maximum absolute atomic E-state index is 14.1. The third-order valence-electron chi connectivity index (χ3n) is 8.46. The highest BCUT2D eigenvalue weighted by Crippen LogP contribution is 2.41. The minimum atomic E-state index is 0.153. The fourth-order valence-corrected chi connectivity index (χ4v) is 9.93. The Labute approximate surface area is 250 Å². The van der Waals surface area contributed by atoms with Crippen molar-refractivity contribution in [2.45, 2.75) is 98.2 Å². The molecule has 3 aromatic rings. The van der Waals surface area contributed by atoms with Gasteiger partial charge in [0.05, 0.1) is 0 Å². The molecule has 4 heteroatoms. The first-order chi connectivity index (χ1) is 19.7. The van der Waals surface area contributed by atoms with Gasteiger partial charge in [0.1, 0.15) is 0 Å². The van der Waals surface area contributed by atoms with E-state index >= 15 is 0 Å². The lowest BCUT2D eigenvalue weighted by Gasteiger charge is -2.37. The Morgan fingerprint density at radius 2 is 1.10 bits per heavy atom. The van der Waals surface area contributed by atoms with Gasteiger partial charge in [-0.3, -0.25) is 4.79 Å². The number of benzene rings is 3. The Morgan fingerprint density at radius 1 is 0.625 bits per heavy atom. The summed E-state index contributed by atoms with van der Waals surface area (Å²) in [6.07, 6.45) is 14.6. The van der Waals surface area contributed by atoms with E-state index in [1.807, 2.05) is 30.3 Å². The second kappa shape index (κ2) is 15.7. The first kappa shape index (κ1) is 29.3. The van der Waals surface area contributed by atoms with Crippen molar-refractivity contribution in [3.8, 4) is 0 Å². The molecule has 0 unspecified atom stereocenters. The zero-order valence-corrected chi connectivity index (χ0v) is 25.5. The average molecular weight is 572 g/mol. The van der Waals surface area contributed by atoms with Gasteiger partial charge >= 0.3 is 0 Å². The Bertz CT molecular complexity index is 1130. The van der Waals surface area contributed by atoms with Crippen molar-refractivity contribution >= 4 is 29.4 Å². The number of rotatable bonds is 12. The van der Waals surface area contributed by atoms with E-state index in [1.54, 1.807) is 0 Å². The van der Waals surface area contributed by atoms with Gasteiger partial charge in [-0.2, -0.15) is 23.5 Å². The molecule has 2 fully saturated rings. The van der Waals surface area contributed by atoms with Crippen LogP contribution >= 0.6 is 23.5 Å². The van der Waals surface area contributed by atoms with Gasteiger partial charge in [0, 0.05) is 39.7 Å². The predicted octanol–water partition coefficient (Wildman–Crippen LogP) is 9.44. The molecule has 5 rings (SSSR count). The second-order valence-electron chi connectivity index (χ2n) is 11.6. The number of amides is 1. The molecule has 2 aliphatic carbocycles. The average Bonchev–Trinajstić information content (AvgIpc) is 3.02. The lowest BCUT2D eigenvalue weighted by Crippen LogP contribution is -2.42. The van der Waals surface area contributed by atoms with Crippen LogP contribution in [0.4, 0.5) is 0 Å². The maximum Gasteiger partial charge on any atom is 0.254 e. The van der Waals surface area contributed by atoms with Crippen molar-refractivity contribution in [3.05, 3.63) is 108 Å². The summed E-state index contributed by atoms with van der Waals surface area (Å²) in [5.41, 5.74) is 3.42. The van der Waals surface area contributed by atoms with Crippen molar-refractivity contribution < 1.29 is 4.79 Å². The minimum Gasteiger partial charge on any atom is -0.333 e. The smallest absolute Gasteiger partial charge is 0.254 e. The van der Waals surface area contributed by atoms with Gasteiger partial charge in [0.25, 0.3) is 5.91 Å². The van der Waals surface area contributed by atoms with Gasteiger partial charge in [-0.1, -0.05) is 117 Å². The van der Waals surface area contributed by atoms with Crippen LogP contribution in [0.3, 0.4) is 0 Å². The van der Waals surface area contributed by atoms with Crippen molar-refractivity contribution in [2.75, 3.05) is 6.54 Å². The summed E-state index contributed by atoms with van der Waals surface area (Å²) in [4.78, 5) is 16.2. The van der Waals surface area contributed by atoms with Crippen LogP contribution in [0.1, 0.15) is 85.7 Å². The number of hydrogen-bond donors (Lipinski definition) is 0. The SMILES string of the molecule is O=C(c1ccccc1)N(Cc1ccccc1)C[C@H](SC1CCCCC1)[C@H](Cc1ccccc1)SC1CCCCC1. The van der Waals surface area contributed by atoms with Gasteiger partial charge in [-0.05, 0) is 55.4 Å². The molecule has 0 bridgehead atoms. The molecule has 0 aromatic heterocycles. The van der Waals surface area contributed by atoms with Crippen molar-refractivity contribution in [3.63, 3.8) is 0 Å². The van der Waals surface area contributed by atoms with Crippen LogP contribution in [0.25, 0.3) is 0 Å². The Kier molecular flexibility index (Phi) is 11.5. The standard InChI is InChI=1S/C36H45NOS2/c38-36(31-20-10-3-11-21-31)37(27-30-18-8-2-9-19-30)28-35(40-33-24-14-5-15-25-33)34(26-29-16-6-1-7-17-29)39-32-22-12-4-13-23-32/h1-3,6-11,16-21,32-35H,4-5,12-15,22-28H2/t34-,35-/m0/s1. The highest BCUT2D eigenvalue weighted by molar-refractivity contribution is 8.04. The maximum atomic E-state index is 14.1. The minimum absolute atomic E-state index is 0.153. The van der Waals surface area contributed by atoms with Crippen LogP contribution in [0.2, 0.25) is 0 Å². The molecule has 0 spiro atoms. The fraction of sp³-hybridized carbons (Fsp3) is 0.472. The second-order valence-corrected chi connectivity index (χ2v) is 14.7. The normalized spacial score (nSPS) is 18.2. The lowest BCUT2D eigenvalue weighted by atomic mass is 10.0. The van der Waals surface area contributed by atoms with Gasteiger partial charge < -0.3 is 4.90 Å². The molecule has 2 aliphatic rings. The molecule has 0 heterocycles. The number of hydrogen-bond acceptors (Lipinski definition) is 3. The monoisotopic (exact) mass is 571 g/mol. The third kappa shape index (κ3) is 8.91. The first-order valence-corrected chi connectivity index (χ1v) is 17.4. The molecule has 0 radical (unpaired) electrons. The molecule has 40 heavy (non-hydrogen) atoms. The summed E-state index contributed by atoms with van der Waals surface area (Å²) in [6, 6.07) is 31.6. The molecule has 0 N–H and O–H groups in total. The van der Waals surface area contributed by atoms with Crippen molar-refractivity contribution in [1.29, 1.82) is 0 Å². The Balaban J connectivity index is 1.45. The van der Waals surface area contributed by atoms with Crippen LogP contribution in [-0.4, -0.2) is 38.4 Å². The number of nitrogens with zero attached hydrogens (tertiary/aromatic N) is 1. The van der Waals surface area contributed by atoms with E-state index < -0.39 is 0 Å². The van der Waals surface area contributed by atoms with E-state index in [-0.39, 0.29) is 5.91 Å². The molecular formula is C36H45NOS2. The molecule has 3 aromatic carbocycles. The quantitative estimate of drug-likeness (QED) is 0.216. The van der Waals surface area contributed by atoms with E-state index in [2.05, 4.69) is 89.1 Å². The summed E-state index contributed by atoms with van der Waals surface area (Å²) >= 11 is 4.47. The zero-order valence-electron chi connectivity index (χ0n) is 23.8. The van der Waals surface area contributed by atoms with Gasteiger partial charge in [-0.15, -0.1) is 0 Å². The highest BCUT2D eigenvalue weighted by Gasteiger charge is 2.33. The summed E-state index contributed by atoms with van der Waals surface area (Å²) in [5, 5.41) is 2.32. The zero-order chi connectivity index (χ0) is 27.4. The van der Waals surface area contributed by atoms with E-state index in [0.717, 1.165) is 23.8 Å². The fourth-order valence-electron chi connectivity index (χ4n) is 6.26. The van der Waals surface area contributed by atoms with Gasteiger partial charge in [-0.25, -0.2) is 0 Å². The van der Waals surface area contributed by atoms with Crippen molar-refractivity contribution in [1.82, 2.24) is 4.90 Å². The summed E-state index contributed by atoms with van der Waals surface area (Å²) in [5.74, 6) is 0.153. The highest BCUT2D eigenvalue weighted by atomic mass is 32.2. The summed E-state index contributed by atoms with van der Waals surface area (Å²) in [6.45, 7) is 1.45. The van der Waals surface area contributed by atoms with Crippen molar-refractivity contribution in [2.24, 2.45) is 0 Å². The molecule has 1 amide bonds. The molecule has 2 saturated carbocycles. The topological polar surface area (TPSA) is 20.3 Å². The largest absolute Gasteiger partial charge is 0.333 e. The van der Waals surface area contributed by atoms with Crippen LogP contribution < -0.4 is 0 Å². The Hall–Kier alpha value is -2.17.